The van der Waals surface area contributed by atoms with E-state index in [-0.39, 0.29) is 6.04 Å². The van der Waals surface area contributed by atoms with Crippen molar-refractivity contribution in [2.45, 2.75) is 24.6 Å². The van der Waals surface area contributed by atoms with E-state index < -0.39 is 0 Å². The van der Waals surface area contributed by atoms with E-state index in [1.165, 1.54) is 17.1 Å². The van der Waals surface area contributed by atoms with Crippen LogP contribution in [0.4, 0.5) is 0 Å². The molecule has 1 aromatic carbocycles. The molecule has 1 aliphatic rings. The number of hydrogen-bond donors (Lipinski definition) is 2. The largest absolute Gasteiger partial charge is 0.493 e. The van der Waals surface area contributed by atoms with Gasteiger partial charge in [0, 0.05) is 28.1 Å². The van der Waals surface area contributed by atoms with Gasteiger partial charge in [0.25, 0.3) is 0 Å². The van der Waals surface area contributed by atoms with E-state index in [0.29, 0.717) is 5.25 Å². The predicted molar refractivity (Wildman–Crippen MR) is 85.9 cm³/mol. The van der Waals surface area contributed by atoms with Crippen LogP contribution in [-0.2, 0) is 0 Å². The average Bonchev–Trinajstić information content (AvgIpc) is 2.48. The summed E-state index contributed by atoms with van der Waals surface area (Å²) < 4.78 is 5.85. The maximum absolute atomic E-state index is 5.85. The second-order valence-corrected chi connectivity index (χ2v) is 7.01. The van der Waals surface area contributed by atoms with Crippen LogP contribution in [0.3, 0.4) is 0 Å². The molecule has 19 heavy (non-hydrogen) atoms. The Morgan fingerprint density at radius 2 is 2.26 bits per heavy atom. The molecule has 2 atom stereocenters. The Labute approximate surface area is 124 Å². The van der Waals surface area contributed by atoms with Gasteiger partial charge in [0.2, 0.25) is 0 Å². The molecule has 1 fully saturated rings. The van der Waals surface area contributed by atoms with E-state index >= 15 is 0 Å². The summed E-state index contributed by atoms with van der Waals surface area (Å²) in [5.41, 5.74) is 4.17. The molecule has 5 heteroatoms. The van der Waals surface area contributed by atoms with Crippen molar-refractivity contribution in [2.24, 2.45) is 5.84 Å². The van der Waals surface area contributed by atoms with Crippen LogP contribution < -0.4 is 16.0 Å². The summed E-state index contributed by atoms with van der Waals surface area (Å²) in [6, 6.07) is 8.39. The number of thioether (sulfide) groups is 2. The van der Waals surface area contributed by atoms with E-state index in [1.807, 2.05) is 35.7 Å². The number of nitrogens with two attached hydrogens (primary N) is 1. The van der Waals surface area contributed by atoms with E-state index in [9.17, 15) is 0 Å². The first-order valence-corrected chi connectivity index (χ1v) is 8.94. The number of benzene rings is 1. The molecule has 3 nitrogen and oxygen atoms in total. The number of rotatable bonds is 6. The molecule has 0 bridgehead atoms. The lowest BCUT2D eigenvalue weighted by molar-refractivity contribution is 0.310. The first-order valence-electron chi connectivity index (χ1n) is 6.74. The predicted octanol–water partition coefficient (Wildman–Crippen LogP) is 2.83. The van der Waals surface area contributed by atoms with E-state index in [4.69, 9.17) is 10.6 Å². The molecule has 3 N–H and O–H groups in total. The maximum Gasteiger partial charge on any atom is 0.124 e. The van der Waals surface area contributed by atoms with Gasteiger partial charge in [-0.15, -0.1) is 0 Å². The summed E-state index contributed by atoms with van der Waals surface area (Å²) in [6.07, 6.45) is 1.02. The summed E-state index contributed by atoms with van der Waals surface area (Å²) in [4.78, 5) is 0. The Hall–Kier alpha value is -0.360. The van der Waals surface area contributed by atoms with Crippen LogP contribution in [-0.4, -0.2) is 29.1 Å². The lowest BCUT2D eigenvalue weighted by atomic mass is 10.0. The highest BCUT2D eigenvalue weighted by molar-refractivity contribution is 8.06. The molecular weight excluding hydrogens is 276 g/mol. The molecule has 0 saturated carbocycles. The molecule has 106 valence electrons. The van der Waals surface area contributed by atoms with Crippen molar-refractivity contribution in [3.63, 3.8) is 0 Å². The first kappa shape index (κ1) is 15.0. The number of nitrogens with one attached hydrogen (secondary N) is 1. The molecule has 1 saturated heterocycles. The molecule has 0 spiro atoms. The van der Waals surface area contributed by atoms with Crippen molar-refractivity contribution in [2.75, 3.05) is 23.9 Å². The summed E-state index contributed by atoms with van der Waals surface area (Å²) >= 11 is 4.01. The second-order valence-electron chi connectivity index (χ2n) is 4.51. The zero-order valence-corrected chi connectivity index (χ0v) is 12.9. The molecule has 0 radical (unpaired) electrons. The Morgan fingerprint density at radius 3 is 2.95 bits per heavy atom. The minimum atomic E-state index is 0.158. The van der Waals surface area contributed by atoms with Crippen molar-refractivity contribution in [3.8, 4) is 5.75 Å². The van der Waals surface area contributed by atoms with Crippen LogP contribution in [0, 0.1) is 0 Å². The van der Waals surface area contributed by atoms with Gasteiger partial charge >= 0.3 is 0 Å². The van der Waals surface area contributed by atoms with Crippen LogP contribution in [0.25, 0.3) is 0 Å². The Morgan fingerprint density at radius 1 is 1.42 bits per heavy atom. The van der Waals surface area contributed by atoms with Gasteiger partial charge < -0.3 is 4.74 Å². The van der Waals surface area contributed by atoms with E-state index in [1.54, 1.807) is 0 Å². The minimum Gasteiger partial charge on any atom is -0.493 e. The molecule has 2 unspecified atom stereocenters. The quantitative estimate of drug-likeness (QED) is 0.625. The van der Waals surface area contributed by atoms with Crippen molar-refractivity contribution >= 4 is 23.5 Å². The highest BCUT2D eigenvalue weighted by atomic mass is 32.2. The van der Waals surface area contributed by atoms with Gasteiger partial charge in [0.1, 0.15) is 5.75 Å². The van der Waals surface area contributed by atoms with Crippen LogP contribution in [0.2, 0.25) is 0 Å². The fraction of sp³-hybridized carbons (Fsp3) is 0.571. The van der Waals surface area contributed by atoms with Crippen molar-refractivity contribution in [3.05, 3.63) is 29.8 Å². The third-order valence-electron chi connectivity index (χ3n) is 3.11. The molecule has 1 heterocycles. The van der Waals surface area contributed by atoms with Gasteiger partial charge in [-0.2, -0.15) is 23.5 Å². The maximum atomic E-state index is 5.85. The fourth-order valence-electron chi connectivity index (χ4n) is 2.18. The van der Waals surface area contributed by atoms with Crippen molar-refractivity contribution in [1.29, 1.82) is 0 Å². The smallest absolute Gasteiger partial charge is 0.124 e. The van der Waals surface area contributed by atoms with E-state index in [0.717, 1.165) is 24.5 Å². The molecule has 1 aromatic rings. The standard InChI is InChI=1S/C14H22N2OS2/c1-2-7-17-12-6-4-3-5-11(12)14(16-15)13-10-18-8-9-19-13/h3-6,13-14,16H,2,7-10,15H2,1H3. The third kappa shape index (κ3) is 4.05. The SMILES string of the molecule is CCCOc1ccccc1C(NN)C1CSCCS1. The van der Waals surface area contributed by atoms with Gasteiger partial charge in [0.05, 0.1) is 12.6 Å². The Balaban J connectivity index is 2.16. The molecule has 0 aromatic heterocycles. The summed E-state index contributed by atoms with van der Waals surface area (Å²) in [6.45, 7) is 2.87. The molecule has 0 aliphatic carbocycles. The van der Waals surface area contributed by atoms with Crippen LogP contribution in [0.15, 0.2) is 24.3 Å². The fourth-order valence-corrected chi connectivity index (χ4v) is 5.02. The molecular formula is C14H22N2OS2. The van der Waals surface area contributed by atoms with Gasteiger partial charge in [-0.25, -0.2) is 0 Å². The van der Waals surface area contributed by atoms with Gasteiger partial charge in [-0.05, 0) is 12.5 Å². The lowest BCUT2D eigenvalue weighted by Gasteiger charge is -2.30. The summed E-state index contributed by atoms with van der Waals surface area (Å²) in [5.74, 6) is 10.3. The number of hydrogen-bond acceptors (Lipinski definition) is 5. The summed E-state index contributed by atoms with van der Waals surface area (Å²) in [5, 5.41) is 0.509. The molecule has 1 aliphatic heterocycles. The minimum absolute atomic E-state index is 0.158. The number of ether oxygens (including phenoxy) is 1. The normalized spacial score (nSPS) is 21.1. The number of hydrazine groups is 1. The Bertz CT molecular complexity index is 383. The third-order valence-corrected chi connectivity index (χ3v) is 5.97. The second kappa shape index (κ2) is 8.04. The van der Waals surface area contributed by atoms with Crippen molar-refractivity contribution < 1.29 is 4.74 Å². The zero-order valence-electron chi connectivity index (χ0n) is 11.3. The summed E-state index contributed by atoms with van der Waals surface area (Å²) in [7, 11) is 0. The van der Waals surface area contributed by atoms with Gasteiger partial charge in [-0.1, -0.05) is 25.1 Å². The lowest BCUT2D eigenvalue weighted by Crippen LogP contribution is -2.38. The van der Waals surface area contributed by atoms with Crippen LogP contribution >= 0.6 is 23.5 Å². The topological polar surface area (TPSA) is 47.3 Å². The molecule has 0 amide bonds. The highest BCUT2D eigenvalue weighted by Gasteiger charge is 2.27. The van der Waals surface area contributed by atoms with Gasteiger partial charge in [0.15, 0.2) is 0 Å². The Kier molecular flexibility index (Phi) is 6.37. The monoisotopic (exact) mass is 298 g/mol. The van der Waals surface area contributed by atoms with E-state index in [2.05, 4.69) is 24.5 Å². The molecule has 2 rings (SSSR count). The number of para-hydroxylation sites is 1. The van der Waals surface area contributed by atoms with Gasteiger partial charge in [-0.3, -0.25) is 11.3 Å². The van der Waals surface area contributed by atoms with Crippen molar-refractivity contribution in [1.82, 2.24) is 5.43 Å². The van der Waals surface area contributed by atoms with Crippen LogP contribution in [0.5, 0.6) is 5.75 Å². The average molecular weight is 298 g/mol. The zero-order chi connectivity index (χ0) is 13.5. The first-order chi connectivity index (χ1) is 9.36. The highest BCUT2D eigenvalue weighted by Crippen LogP contribution is 2.36. The van der Waals surface area contributed by atoms with Crippen LogP contribution in [0.1, 0.15) is 24.9 Å².